The van der Waals surface area contributed by atoms with Crippen LogP contribution in [0.2, 0.25) is 0 Å². The summed E-state index contributed by atoms with van der Waals surface area (Å²) in [5, 5.41) is 7.81. The van der Waals surface area contributed by atoms with E-state index < -0.39 is 0 Å². The van der Waals surface area contributed by atoms with E-state index in [4.69, 9.17) is 9.26 Å². The van der Waals surface area contributed by atoms with Crippen molar-refractivity contribution in [2.45, 2.75) is 6.54 Å². The molecule has 0 aliphatic heterocycles. The molecule has 0 bridgehead atoms. The lowest BCUT2D eigenvalue weighted by Crippen LogP contribution is -2.23. The third kappa shape index (κ3) is 3.63. The second kappa shape index (κ2) is 7.61. The molecule has 3 heterocycles. The minimum atomic E-state index is -0.294. The Balaban J connectivity index is 1.60. The smallest absolute Gasteiger partial charge is 0.259 e. The summed E-state index contributed by atoms with van der Waals surface area (Å²) < 4.78 is 11.8. The average molecular weight is 393 g/mol. The van der Waals surface area contributed by atoms with Gasteiger partial charge in [0.25, 0.3) is 11.4 Å². The second-order valence-electron chi connectivity index (χ2n) is 5.97. The Morgan fingerprint density at radius 1 is 1.21 bits per heavy atom. The van der Waals surface area contributed by atoms with Gasteiger partial charge in [-0.15, -0.1) is 0 Å². The zero-order chi connectivity index (χ0) is 19.5. The maximum atomic E-state index is 12.6. The molecule has 0 saturated carbocycles. The van der Waals surface area contributed by atoms with Crippen molar-refractivity contribution < 1.29 is 14.1 Å². The van der Waals surface area contributed by atoms with Crippen LogP contribution in [-0.4, -0.2) is 27.6 Å². The summed E-state index contributed by atoms with van der Waals surface area (Å²) in [4.78, 5) is 29.1. The zero-order valence-electron chi connectivity index (χ0n) is 14.9. The van der Waals surface area contributed by atoms with Crippen LogP contribution < -0.4 is 10.3 Å². The quantitative estimate of drug-likeness (QED) is 0.466. The van der Waals surface area contributed by atoms with Gasteiger partial charge in [0.2, 0.25) is 5.82 Å². The summed E-state index contributed by atoms with van der Waals surface area (Å²) in [5.74, 6) is 1.13. The first-order valence-electron chi connectivity index (χ1n) is 8.38. The largest absolute Gasteiger partial charge is 0.497 e. The lowest BCUT2D eigenvalue weighted by molar-refractivity contribution is 0.0970. The van der Waals surface area contributed by atoms with Crippen molar-refractivity contribution >= 4 is 17.1 Å². The van der Waals surface area contributed by atoms with Crippen LogP contribution in [0.25, 0.3) is 22.8 Å². The van der Waals surface area contributed by atoms with Gasteiger partial charge in [-0.25, -0.2) is 0 Å². The van der Waals surface area contributed by atoms with E-state index in [2.05, 4.69) is 10.1 Å². The van der Waals surface area contributed by atoms with Crippen molar-refractivity contribution in [3.05, 3.63) is 75.3 Å². The van der Waals surface area contributed by atoms with E-state index in [1.54, 1.807) is 36.5 Å². The van der Waals surface area contributed by atoms with E-state index in [0.717, 1.165) is 5.56 Å². The topological polar surface area (TPSA) is 87.2 Å². The molecule has 0 aliphatic rings. The summed E-state index contributed by atoms with van der Waals surface area (Å²) in [7, 11) is 1.53. The molecule has 0 amide bonds. The number of nitrogens with zero attached hydrogens (tertiary/aromatic N) is 3. The summed E-state index contributed by atoms with van der Waals surface area (Å²) in [6.07, 6.45) is 1.55. The van der Waals surface area contributed by atoms with Crippen molar-refractivity contribution in [3.63, 3.8) is 0 Å². The van der Waals surface area contributed by atoms with Crippen molar-refractivity contribution in [2.24, 2.45) is 0 Å². The molecule has 0 atom stereocenters. The number of Topliss-reactive ketones (excluding diaryl/α,β-unsaturated/α-hetero) is 1. The number of thiophene rings is 1. The van der Waals surface area contributed by atoms with Crippen LogP contribution >= 0.6 is 11.3 Å². The molecule has 0 fully saturated rings. The highest BCUT2D eigenvalue weighted by molar-refractivity contribution is 7.08. The van der Waals surface area contributed by atoms with Crippen LogP contribution in [0.1, 0.15) is 10.4 Å². The minimum absolute atomic E-state index is 0.106. The fourth-order valence-corrected chi connectivity index (χ4v) is 3.31. The molecule has 4 rings (SSSR count). The zero-order valence-corrected chi connectivity index (χ0v) is 15.7. The number of aromatic nitrogens is 3. The van der Waals surface area contributed by atoms with Gasteiger partial charge in [-0.2, -0.15) is 16.3 Å². The predicted octanol–water partition coefficient (Wildman–Crippen LogP) is 3.52. The summed E-state index contributed by atoms with van der Waals surface area (Å²) in [6.45, 7) is -0.106. The molecule has 3 aromatic heterocycles. The van der Waals surface area contributed by atoms with Gasteiger partial charge in [0.05, 0.1) is 19.2 Å². The van der Waals surface area contributed by atoms with Crippen LogP contribution in [0.15, 0.2) is 68.7 Å². The van der Waals surface area contributed by atoms with E-state index in [-0.39, 0.29) is 23.8 Å². The SMILES string of the molecule is COc1cccc(C(=O)Cn2cc(-c3nc(-c4ccsc4)no3)ccc2=O)c1. The molecule has 7 nitrogen and oxygen atoms in total. The van der Waals surface area contributed by atoms with Gasteiger partial charge in [0.15, 0.2) is 5.78 Å². The van der Waals surface area contributed by atoms with Crippen molar-refractivity contribution in [1.29, 1.82) is 0 Å². The predicted molar refractivity (Wildman–Crippen MR) is 105 cm³/mol. The molecule has 0 saturated heterocycles. The van der Waals surface area contributed by atoms with Crippen LogP contribution in [0.3, 0.4) is 0 Å². The molecule has 0 N–H and O–H groups in total. The summed E-state index contributed by atoms with van der Waals surface area (Å²) >= 11 is 1.54. The highest BCUT2D eigenvalue weighted by atomic mass is 32.1. The third-order valence-corrected chi connectivity index (χ3v) is 4.82. The maximum absolute atomic E-state index is 12.6. The fraction of sp³-hybridized carbons (Fsp3) is 0.100. The molecule has 0 spiro atoms. The first-order chi connectivity index (χ1) is 13.6. The number of carbonyl (C=O) groups excluding carboxylic acids is 1. The van der Waals surface area contributed by atoms with Gasteiger partial charge >= 0.3 is 0 Å². The number of ether oxygens (including phenoxy) is 1. The van der Waals surface area contributed by atoms with Crippen molar-refractivity contribution in [3.8, 4) is 28.6 Å². The normalized spacial score (nSPS) is 10.8. The number of hydrogen-bond acceptors (Lipinski definition) is 7. The van der Waals surface area contributed by atoms with Crippen LogP contribution in [0.4, 0.5) is 0 Å². The first kappa shape index (κ1) is 17.9. The Kier molecular flexibility index (Phi) is 4.86. The molecule has 28 heavy (non-hydrogen) atoms. The van der Waals surface area contributed by atoms with Crippen LogP contribution in [0, 0.1) is 0 Å². The number of methoxy groups -OCH3 is 1. The second-order valence-corrected chi connectivity index (χ2v) is 6.75. The van der Waals surface area contributed by atoms with Crippen LogP contribution in [0.5, 0.6) is 5.75 Å². The molecule has 0 aliphatic carbocycles. The molecule has 1 aromatic carbocycles. The fourth-order valence-electron chi connectivity index (χ4n) is 2.67. The van der Waals surface area contributed by atoms with E-state index in [1.807, 2.05) is 16.8 Å². The number of ketones is 1. The number of pyridine rings is 1. The lowest BCUT2D eigenvalue weighted by Gasteiger charge is -2.07. The summed E-state index contributed by atoms with van der Waals surface area (Å²) in [6, 6.07) is 11.7. The molecule has 140 valence electrons. The Morgan fingerprint density at radius 3 is 2.89 bits per heavy atom. The molecular weight excluding hydrogens is 378 g/mol. The van der Waals surface area contributed by atoms with Gasteiger partial charge in [-0.1, -0.05) is 17.3 Å². The van der Waals surface area contributed by atoms with Gasteiger partial charge in [0, 0.05) is 28.8 Å². The highest BCUT2D eigenvalue weighted by Gasteiger charge is 2.14. The lowest BCUT2D eigenvalue weighted by atomic mass is 10.1. The Hall–Kier alpha value is -3.52. The van der Waals surface area contributed by atoms with Crippen molar-refractivity contribution in [1.82, 2.24) is 14.7 Å². The molecule has 0 radical (unpaired) electrons. The molecule has 8 heteroatoms. The molecule has 4 aromatic rings. The van der Waals surface area contributed by atoms with E-state index in [0.29, 0.717) is 22.7 Å². The number of hydrogen-bond donors (Lipinski definition) is 0. The third-order valence-electron chi connectivity index (χ3n) is 4.14. The van der Waals surface area contributed by atoms with Gasteiger partial charge in [0.1, 0.15) is 5.75 Å². The Labute approximate surface area is 163 Å². The average Bonchev–Trinajstić information content (AvgIpc) is 3.41. The Bertz CT molecular complexity index is 1180. The highest BCUT2D eigenvalue weighted by Crippen LogP contribution is 2.23. The molecule has 0 unspecified atom stereocenters. The Morgan fingerprint density at radius 2 is 2.11 bits per heavy atom. The van der Waals surface area contributed by atoms with E-state index in [1.165, 1.54) is 29.1 Å². The number of carbonyl (C=O) groups is 1. The van der Waals surface area contributed by atoms with Gasteiger partial charge in [-0.3, -0.25) is 9.59 Å². The van der Waals surface area contributed by atoms with Gasteiger partial charge < -0.3 is 13.8 Å². The number of rotatable bonds is 6. The van der Waals surface area contributed by atoms with E-state index >= 15 is 0 Å². The summed E-state index contributed by atoms with van der Waals surface area (Å²) in [5.41, 5.74) is 1.60. The maximum Gasteiger partial charge on any atom is 0.259 e. The standard InChI is InChI=1S/C20H15N3O4S/c1-26-16-4-2-3-13(9-16)17(24)11-23-10-14(5-6-18(23)25)20-21-19(22-27-20)15-7-8-28-12-15/h2-10,12H,11H2,1H3. The minimum Gasteiger partial charge on any atom is -0.497 e. The molecular formula is C20H15N3O4S. The van der Waals surface area contributed by atoms with Gasteiger partial charge in [-0.05, 0) is 29.6 Å². The monoisotopic (exact) mass is 393 g/mol. The van der Waals surface area contributed by atoms with Crippen molar-refractivity contribution in [2.75, 3.05) is 7.11 Å². The number of benzene rings is 1. The first-order valence-corrected chi connectivity index (χ1v) is 9.33. The van der Waals surface area contributed by atoms with Crippen LogP contribution in [-0.2, 0) is 6.54 Å². The van der Waals surface area contributed by atoms with E-state index in [9.17, 15) is 9.59 Å².